The first-order valence-electron chi connectivity index (χ1n) is 7.47. The molecule has 0 aromatic heterocycles. The molecule has 0 saturated carbocycles. The summed E-state index contributed by atoms with van der Waals surface area (Å²) in [5.74, 6) is -1.18. The molecule has 0 bridgehead atoms. The quantitative estimate of drug-likeness (QED) is 0.789. The highest BCUT2D eigenvalue weighted by atomic mass is 19.1. The van der Waals surface area contributed by atoms with E-state index in [9.17, 15) is 14.0 Å². The standard InChI is InChI=1S/C18H15FO5/c19-13-7-5-12(6-8-13)11-23-15-4-2-1-3-14(15)17(20)24-16-9-10-22-18(16)21/h1-8,16H,9-11H2/t16-/m0/s1. The van der Waals surface area contributed by atoms with Crippen molar-refractivity contribution in [2.24, 2.45) is 0 Å². The van der Waals surface area contributed by atoms with Crippen molar-refractivity contribution >= 4 is 11.9 Å². The Morgan fingerprint density at radius 3 is 2.62 bits per heavy atom. The van der Waals surface area contributed by atoms with Crippen LogP contribution in [0, 0.1) is 5.82 Å². The number of ether oxygens (including phenoxy) is 3. The van der Waals surface area contributed by atoms with Crippen LogP contribution in [0.1, 0.15) is 22.3 Å². The first kappa shape index (κ1) is 16.0. The van der Waals surface area contributed by atoms with Crippen LogP contribution in [0.25, 0.3) is 0 Å². The Morgan fingerprint density at radius 1 is 1.17 bits per heavy atom. The Labute approximate surface area is 138 Å². The van der Waals surface area contributed by atoms with E-state index < -0.39 is 18.0 Å². The van der Waals surface area contributed by atoms with Crippen molar-refractivity contribution in [3.8, 4) is 5.75 Å². The van der Waals surface area contributed by atoms with E-state index in [1.165, 1.54) is 12.1 Å². The molecule has 3 rings (SSSR count). The Balaban J connectivity index is 1.69. The number of carbonyl (C=O) groups excluding carboxylic acids is 2. The van der Waals surface area contributed by atoms with Crippen LogP contribution in [0.4, 0.5) is 4.39 Å². The molecule has 1 fully saturated rings. The second kappa shape index (κ2) is 7.12. The lowest BCUT2D eigenvalue weighted by molar-refractivity contribution is -0.145. The number of hydrogen-bond donors (Lipinski definition) is 0. The molecule has 24 heavy (non-hydrogen) atoms. The zero-order chi connectivity index (χ0) is 16.9. The predicted octanol–water partition coefficient (Wildman–Crippen LogP) is 2.88. The molecule has 0 spiro atoms. The number of esters is 2. The monoisotopic (exact) mass is 330 g/mol. The smallest absolute Gasteiger partial charge is 0.347 e. The molecule has 1 atom stereocenters. The number of halogens is 1. The summed E-state index contributed by atoms with van der Waals surface area (Å²) in [6, 6.07) is 12.5. The van der Waals surface area contributed by atoms with E-state index in [4.69, 9.17) is 14.2 Å². The maximum atomic E-state index is 12.9. The molecule has 1 heterocycles. The topological polar surface area (TPSA) is 61.8 Å². The van der Waals surface area contributed by atoms with Gasteiger partial charge in [0.15, 0.2) is 0 Å². The van der Waals surface area contributed by atoms with E-state index in [2.05, 4.69) is 0 Å². The van der Waals surface area contributed by atoms with Gasteiger partial charge < -0.3 is 14.2 Å². The van der Waals surface area contributed by atoms with Crippen molar-refractivity contribution in [1.82, 2.24) is 0 Å². The fourth-order valence-corrected chi connectivity index (χ4v) is 2.28. The molecule has 6 heteroatoms. The molecule has 5 nitrogen and oxygen atoms in total. The maximum Gasteiger partial charge on any atom is 0.347 e. The molecule has 1 aliphatic heterocycles. The number of carbonyl (C=O) groups is 2. The summed E-state index contributed by atoms with van der Waals surface area (Å²) in [5, 5.41) is 0. The minimum Gasteiger partial charge on any atom is -0.488 e. The second-order valence-corrected chi connectivity index (χ2v) is 5.26. The van der Waals surface area contributed by atoms with Crippen LogP contribution in [0.5, 0.6) is 5.75 Å². The first-order chi connectivity index (χ1) is 11.6. The Morgan fingerprint density at radius 2 is 1.92 bits per heavy atom. The lowest BCUT2D eigenvalue weighted by Crippen LogP contribution is -2.23. The van der Waals surface area contributed by atoms with Gasteiger partial charge in [0.05, 0.1) is 6.61 Å². The molecular weight excluding hydrogens is 315 g/mol. The zero-order valence-electron chi connectivity index (χ0n) is 12.7. The summed E-state index contributed by atoms with van der Waals surface area (Å²) in [4.78, 5) is 23.7. The summed E-state index contributed by atoms with van der Waals surface area (Å²) < 4.78 is 28.5. The van der Waals surface area contributed by atoms with Crippen molar-refractivity contribution in [2.75, 3.05) is 6.61 Å². The van der Waals surface area contributed by atoms with Gasteiger partial charge in [-0.05, 0) is 29.8 Å². The average Bonchev–Trinajstić information content (AvgIpc) is 2.99. The molecule has 1 saturated heterocycles. The Hall–Kier alpha value is -2.89. The number of cyclic esters (lactones) is 1. The van der Waals surface area contributed by atoms with Gasteiger partial charge in [0, 0.05) is 6.42 Å². The predicted molar refractivity (Wildman–Crippen MR) is 82.0 cm³/mol. The maximum absolute atomic E-state index is 12.9. The van der Waals surface area contributed by atoms with Gasteiger partial charge in [0.25, 0.3) is 0 Å². The number of benzene rings is 2. The minimum absolute atomic E-state index is 0.177. The molecule has 0 amide bonds. The third kappa shape index (κ3) is 3.71. The van der Waals surface area contributed by atoms with E-state index in [1.807, 2.05) is 0 Å². The normalized spacial score (nSPS) is 16.5. The summed E-state index contributed by atoms with van der Waals surface area (Å²) in [5.41, 5.74) is 0.984. The fourth-order valence-electron chi connectivity index (χ4n) is 2.28. The highest BCUT2D eigenvalue weighted by Gasteiger charge is 2.31. The van der Waals surface area contributed by atoms with E-state index in [0.717, 1.165) is 5.56 Å². The highest BCUT2D eigenvalue weighted by Crippen LogP contribution is 2.22. The van der Waals surface area contributed by atoms with Crippen molar-refractivity contribution in [1.29, 1.82) is 0 Å². The molecule has 2 aromatic carbocycles. The van der Waals surface area contributed by atoms with Gasteiger partial charge in [0.2, 0.25) is 6.10 Å². The van der Waals surface area contributed by atoms with Crippen molar-refractivity contribution < 1.29 is 28.2 Å². The fraction of sp³-hybridized carbons (Fsp3) is 0.222. The van der Waals surface area contributed by atoms with Crippen molar-refractivity contribution in [3.05, 3.63) is 65.5 Å². The molecule has 0 aliphatic carbocycles. The van der Waals surface area contributed by atoms with Crippen LogP contribution < -0.4 is 4.74 Å². The summed E-state index contributed by atoms with van der Waals surface area (Å²) >= 11 is 0. The van der Waals surface area contributed by atoms with E-state index in [0.29, 0.717) is 12.2 Å². The lowest BCUT2D eigenvalue weighted by Gasteiger charge is -2.13. The van der Waals surface area contributed by atoms with Gasteiger partial charge in [-0.15, -0.1) is 0 Å². The first-order valence-corrected chi connectivity index (χ1v) is 7.47. The van der Waals surface area contributed by atoms with Crippen LogP contribution in [-0.4, -0.2) is 24.6 Å². The summed E-state index contributed by atoms with van der Waals surface area (Å²) in [6.45, 7) is 0.426. The van der Waals surface area contributed by atoms with Gasteiger partial charge in [0.1, 0.15) is 23.7 Å². The van der Waals surface area contributed by atoms with E-state index in [1.54, 1.807) is 36.4 Å². The van der Waals surface area contributed by atoms with E-state index >= 15 is 0 Å². The van der Waals surface area contributed by atoms with E-state index in [-0.39, 0.29) is 24.6 Å². The molecular formula is C18H15FO5. The van der Waals surface area contributed by atoms with Gasteiger partial charge in [-0.3, -0.25) is 0 Å². The lowest BCUT2D eigenvalue weighted by atomic mass is 10.2. The molecule has 1 aliphatic rings. The summed E-state index contributed by atoms with van der Waals surface area (Å²) in [7, 11) is 0. The van der Waals surface area contributed by atoms with Crippen LogP contribution in [0.2, 0.25) is 0 Å². The molecule has 0 radical (unpaired) electrons. The Bertz CT molecular complexity index is 741. The van der Waals surface area contributed by atoms with Crippen molar-refractivity contribution in [2.45, 2.75) is 19.1 Å². The van der Waals surface area contributed by atoms with Crippen molar-refractivity contribution in [3.63, 3.8) is 0 Å². The van der Waals surface area contributed by atoms with Crippen LogP contribution in [0.15, 0.2) is 48.5 Å². The van der Waals surface area contributed by atoms with Crippen LogP contribution in [0.3, 0.4) is 0 Å². The molecule has 2 aromatic rings. The molecule has 0 N–H and O–H groups in total. The van der Waals surface area contributed by atoms with Gasteiger partial charge in [-0.1, -0.05) is 24.3 Å². The number of para-hydroxylation sites is 1. The number of rotatable bonds is 5. The average molecular weight is 330 g/mol. The van der Waals surface area contributed by atoms with Crippen LogP contribution >= 0.6 is 0 Å². The van der Waals surface area contributed by atoms with Gasteiger partial charge in [-0.25, -0.2) is 14.0 Å². The second-order valence-electron chi connectivity index (χ2n) is 5.26. The molecule has 0 unspecified atom stereocenters. The highest BCUT2D eigenvalue weighted by molar-refractivity contribution is 5.94. The zero-order valence-corrected chi connectivity index (χ0v) is 12.7. The molecule has 124 valence electrons. The van der Waals surface area contributed by atoms with Crippen LogP contribution in [-0.2, 0) is 20.9 Å². The Kier molecular flexibility index (Phi) is 4.74. The minimum atomic E-state index is -0.873. The summed E-state index contributed by atoms with van der Waals surface area (Å²) in [6.07, 6.45) is -0.522. The largest absolute Gasteiger partial charge is 0.488 e. The SMILES string of the molecule is O=C(O[C@H]1CCOC1=O)c1ccccc1OCc1ccc(F)cc1. The third-order valence-corrected chi connectivity index (χ3v) is 3.55. The third-order valence-electron chi connectivity index (χ3n) is 3.55. The number of hydrogen-bond acceptors (Lipinski definition) is 5. The van der Waals surface area contributed by atoms with Gasteiger partial charge >= 0.3 is 11.9 Å². The van der Waals surface area contributed by atoms with Gasteiger partial charge in [-0.2, -0.15) is 0 Å².